The minimum absolute atomic E-state index is 0.0509. The van der Waals surface area contributed by atoms with Crippen LogP contribution in [0.3, 0.4) is 0 Å². The topological polar surface area (TPSA) is 208 Å². The van der Waals surface area contributed by atoms with Crippen molar-refractivity contribution in [1.29, 1.82) is 0 Å². The van der Waals surface area contributed by atoms with E-state index >= 15 is 0 Å². The van der Waals surface area contributed by atoms with Crippen LogP contribution in [-0.4, -0.2) is 58.6 Å². The second kappa shape index (κ2) is 11.6. The van der Waals surface area contributed by atoms with Crippen LogP contribution < -0.4 is 16.6 Å². The number of rotatable bonds is 13. The molecule has 4 heterocycles. The van der Waals surface area contributed by atoms with Gasteiger partial charge in [-0.1, -0.05) is 24.5 Å². The molecule has 0 aliphatic carbocycles. The zero-order chi connectivity index (χ0) is 25.5. The van der Waals surface area contributed by atoms with Gasteiger partial charge in [-0.2, -0.15) is 10.2 Å². The molecule has 36 heavy (non-hydrogen) atoms. The van der Waals surface area contributed by atoms with Crippen molar-refractivity contribution in [2.24, 2.45) is 0 Å². The van der Waals surface area contributed by atoms with Crippen LogP contribution in [0, 0.1) is 0 Å². The number of H-pyrrole nitrogens is 3. The molecule has 0 fully saturated rings. The van der Waals surface area contributed by atoms with Gasteiger partial charge in [-0.3, -0.25) is 14.6 Å². The number of carbonyl (C=O) groups excluding carboxylic acids is 1. The summed E-state index contributed by atoms with van der Waals surface area (Å²) >= 11 is 1.31. The fourth-order valence-electron chi connectivity index (χ4n) is 3.97. The zero-order valence-electron chi connectivity index (χ0n) is 19.4. The van der Waals surface area contributed by atoms with Gasteiger partial charge in [0.1, 0.15) is 11.7 Å². The molecule has 0 aliphatic rings. The number of aliphatic carboxylic acids is 1. The van der Waals surface area contributed by atoms with Crippen LogP contribution in [0.4, 0.5) is 5.95 Å². The average molecular weight is 514 g/mol. The lowest BCUT2D eigenvalue weighted by Gasteiger charge is -2.13. The predicted molar refractivity (Wildman–Crippen MR) is 133 cm³/mol. The van der Waals surface area contributed by atoms with Crippen LogP contribution in [0.25, 0.3) is 11.0 Å². The van der Waals surface area contributed by atoms with Crippen molar-refractivity contribution < 1.29 is 14.7 Å². The fraction of sp³-hybridized carbons (Fsp3) is 0.409. The minimum Gasteiger partial charge on any atom is -0.480 e. The monoisotopic (exact) mass is 513 g/mol. The molecule has 0 aliphatic heterocycles. The Balaban J connectivity index is 1.25. The van der Waals surface area contributed by atoms with Gasteiger partial charge in [-0.15, -0.1) is 21.5 Å². The molecule has 7 N–H and O–H groups in total. The second-order valence-corrected chi connectivity index (χ2v) is 9.57. The Morgan fingerprint density at radius 3 is 2.75 bits per heavy atom. The molecule has 0 saturated heterocycles. The molecule has 0 spiro atoms. The van der Waals surface area contributed by atoms with Crippen LogP contribution in [0.2, 0.25) is 0 Å². The lowest BCUT2D eigenvalue weighted by atomic mass is 10.1. The number of nitrogens with one attached hydrogen (secondary N) is 4. The maximum Gasteiger partial charge on any atom is 0.326 e. The average Bonchev–Trinajstić information content (AvgIpc) is 3.60. The first-order valence-corrected chi connectivity index (χ1v) is 12.4. The maximum absolute atomic E-state index is 12.7. The molecule has 0 bridgehead atoms. The highest BCUT2D eigenvalue weighted by Crippen LogP contribution is 2.21. The number of tetrazole rings is 1. The Hall–Kier alpha value is -4.07. The van der Waals surface area contributed by atoms with Crippen molar-refractivity contribution in [3.63, 3.8) is 0 Å². The molecular formula is C22H27N9O4S. The molecule has 1 atom stereocenters. The maximum atomic E-state index is 12.7. The highest BCUT2D eigenvalue weighted by molar-refractivity contribution is 7.14. The number of thiophene rings is 1. The Morgan fingerprint density at radius 1 is 1.14 bits per heavy atom. The number of aromatic nitrogens is 7. The number of hydrogen-bond acceptors (Lipinski definition) is 9. The van der Waals surface area contributed by atoms with Gasteiger partial charge < -0.3 is 21.1 Å². The summed E-state index contributed by atoms with van der Waals surface area (Å²) in [5.74, 6) is -0.738. The first-order valence-electron chi connectivity index (χ1n) is 11.6. The van der Waals surface area contributed by atoms with E-state index in [9.17, 15) is 19.5 Å². The van der Waals surface area contributed by atoms with E-state index in [-0.39, 0.29) is 11.5 Å². The third-order valence-electron chi connectivity index (χ3n) is 5.80. The first-order chi connectivity index (χ1) is 17.4. The number of nitrogens with zero attached hydrogens (tertiary/aromatic N) is 4. The molecule has 1 amide bonds. The van der Waals surface area contributed by atoms with E-state index < -0.39 is 17.9 Å². The number of hydrogen-bond donors (Lipinski definition) is 6. The summed E-state index contributed by atoms with van der Waals surface area (Å²) in [6.45, 7) is 0. The number of aryl methyl sites for hydroxylation is 3. The van der Waals surface area contributed by atoms with Gasteiger partial charge in [0.2, 0.25) is 5.95 Å². The first kappa shape index (κ1) is 25.0. The van der Waals surface area contributed by atoms with E-state index in [4.69, 9.17) is 5.73 Å². The molecular weight excluding hydrogens is 486 g/mol. The lowest BCUT2D eigenvalue weighted by Crippen LogP contribution is -2.40. The number of fused-ring (bicyclic) bond motifs is 1. The number of carbonyl (C=O) groups is 2. The SMILES string of the molecule is Nc1nc2[nH]cc(CCc3ccc(C(=O)NC(CCCCCCc4nn[nH]n4)C(=O)O)s3)c2c(=O)[nH]1. The van der Waals surface area contributed by atoms with Gasteiger partial charge in [-0.05, 0) is 43.4 Å². The van der Waals surface area contributed by atoms with Crippen LogP contribution in [0.5, 0.6) is 0 Å². The molecule has 14 heteroatoms. The van der Waals surface area contributed by atoms with Crippen molar-refractivity contribution >= 4 is 40.2 Å². The molecule has 0 saturated carbocycles. The normalized spacial score (nSPS) is 12.1. The number of nitrogens with two attached hydrogens (primary N) is 1. The van der Waals surface area contributed by atoms with Gasteiger partial charge in [0.25, 0.3) is 11.5 Å². The molecule has 4 aromatic heterocycles. The Labute approximate surface area is 208 Å². The number of carboxylic acid groups (broad SMARTS) is 1. The second-order valence-electron chi connectivity index (χ2n) is 8.40. The van der Waals surface area contributed by atoms with E-state index in [1.54, 1.807) is 12.3 Å². The summed E-state index contributed by atoms with van der Waals surface area (Å²) < 4.78 is 0. The predicted octanol–water partition coefficient (Wildman–Crippen LogP) is 1.57. The zero-order valence-corrected chi connectivity index (χ0v) is 20.2. The van der Waals surface area contributed by atoms with E-state index in [0.29, 0.717) is 47.4 Å². The molecule has 1 unspecified atom stereocenters. The van der Waals surface area contributed by atoms with Gasteiger partial charge in [0.15, 0.2) is 5.82 Å². The molecule has 0 aromatic carbocycles. The van der Waals surface area contributed by atoms with Crippen LogP contribution in [0.15, 0.2) is 23.1 Å². The van der Waals surface area contributed by atoms with Crippen LogP contribution in [-0.2, 0) is 24.1 Å². The number of carboxylic acids is 1. The smallest absolute Gasteiger partial charge is 0.326 e. The number of unbranched alkanes of at least 4 members (excludes halogenated alkanes) is 3. The highest BCUT2D eigenvalue weighted by Gasteiger charge is 2.21. The molecule has 0 radical (unpaired) electrons. The van der Waals surface area contributed by atoms with E-state index in [2.05, 4.69) is 40.9 Å². The van der Waals surface area contributed by atoms with E-state index in [1.165, 1.54) is 11.3 Å². The summed E-state index contributed by atoms with van der Waals surface area (Å²) in [4.78, 5) is 47.5. The van der Waals surface area contributed by atoms with Crippen molar-refractivity contribution in [2.75, 3.05) is 5.73 Å². The van der Waals surface area contributed by atoms with Crippen LogP contribution >= 0.6 is 11.3 Å². The van der Waals surface area contributed by atoms with E-state index in [1.807, 2.05) is 6.07 Å². The van der Waals surface area contributed by atoms with E-state index in [0.717, 1.165) is 36.1 Å². The third-order valence-corrected chi connectivity index (χ3v) is 6.95. The van der Waals surface area contributed by atoms with Crippen molar-refractivity contribution in [1.82, 2.24) is 40.9 Å². The standard InChI is InChI=1S/C22H27N9O4S/c23-22-26-18-17(20(33)27-22)12(11-24-18)7-8-13-9-10-15(36-13)19(32)25-14(21(34)35)5-3-1-2-4-6-16-28-30-31-29-16/h9-11,14H,1-8H2,(H,25,32)(H,34,35)(H,28,29,30,31)(H4,23,24,26,27,33). The largest absolute Gasteiger partial charge is 0.480 e. The van der Waals surface area contributed by atoms with Crippen molar-refractivity contribution in [3.05, 3.63) is 49.8 Å². The van der Waals surface area contributed by atoms with Crippen molar-refractivity contribution in [2.45, 2.75) is 57.4 Å². The Kier molecular flexibility index (Phi) is 8.05. The summed E-state index contributed by atoms with van der Waals surface area (Å²) in [5.41, 5.74) is 6.52. The fourth-order valence-corrected chi connectivity index (χ4v) is 4.88. The third kappa shape index (κ3) is 6.33. The van der Waals surface area contributed by atoms with Gasteiger partial charge >= 0.3 is 5.97 Å². The molecule has 4 aromatic rings. The number of anilines is 1. The van der Waals surface area contributed by atoms with Gasteiger partial charge in [0.05, 0.1) is 10.3 Å². The Morgan fingerprint density at radius 2 is 1.97 bits per heavy atom. The highest BCUT2D eigenvalue weighted by atomic mass is 32.1. The lowest BCUT2D eigenvalue weighted by molar-refractivity contribution is -0.139. The quantitative estimate of drug-likeness (QED) is 0.143. The molecule has 190 valence electrons. The van der Waals surface area contributed by atoms with Gasteiger partial charge in [-0.25, -0.2) is 4.79 Å². The number of amides is 1. The van der Waals surface area contributed by atoms with Crippen molar-refractivity contribution in [3.8, 4) is 0 Å². The number of nitrogen functional groups attached to an aromatic ring is 1. The van der Waals surface area contributed by atoms with Crippen LogP contribution in [0.1, 0.15) is 58.0 Å². The molecule has 4 rings (SSSR count). The Bertz CT molecular complexity index is 1380. The minimum atomic E-state index is -1.05. The number of aromatic amines is 3. The summed E-state index contributed by atoms with van der Waals surface area (Å²) in [6.07, 6.45) is 7.32. The van der Waals surface area contributed by atoms with Gasteiger partial charge in [0, 0.05) is 17.5 Å². The summed E-state index contributed by atoms with van der Waals surface area (Å²) in [6, 6.07) is 2.59. The summed E-state index contributed by atoms with van der Waals surface area (Å²) in [5, 5.41) is 26.4. The summed E-state index contributed by atoms with van der Waals surface area (Å²) in [7, 11) is 0. The molecule has 13 nitrogen and oxygen atoms in total.